The van der Waals surface area contributed by atoms with Crippen molar-refractivity contribution in [2.75, 3.05) is 0 Å². The molecule has 0 unspecified atom stereocenters. The van der Waals surface area contributed by atoms with Gasteiger partial charge < -0.3 is 0 Å². The molecule has 2 aromatic heterocycles. The van der Waals surface area contributed by atoms with Gasteiger partial charge in [-0.2, -0.15) is 0 Å². The first-order valence-corrected chi connectivity index (χ1v) is 8.29. The standard InChI is InChI=1S/C15H8Br2FN5/c16-9-5-8-12(6-10(9)18)23-13(21-22-15(23)17)7-20-14(8)11-3-1-2-4-19-11/h1-6H,7H2. The Morgan fingerprint density at radius 2 is 2.00 bits per heavy atom. The fraction of sp³-hybridized carbons (Fsp3) is 0.0667. The first-order chi connectivity index (χ1) is 11.1. The maximum Gasteiger partial charge on any atom is 0.204 e. The quantitative estimate of drug-likeness (QED) is 0.584. The van der Waals surface area contributed by atoms with Crippen LogP contribution in [0.15, 0.2) is 50.7 Å². The van der Waals surface area contributed by atoms with E-state index in [4.69, 9.17) is 0 Å². The smallest absolute Gasteiger partial charge is 0.204 e. The van der Waals surface area contributed by atoms with Crippen LogP contribution in [-0.2, 0) is 6.54 Å². The van der Waals surface area contributed by atoms with Crippen LogP contribution in [-0.4, -0.2) is 25.5 Å². The Hall–Kier alpha value is -1.93. The fourth-order valence-corrected chi connectivity index (χ4v) is 3.32. The third-order valence-corrected chi connectivity index (χ3v) is 4.63. The molecule has 0 fully saturated rings. The summed E-state index contributed by atoms with van der Waals surface area (Å²) in [6, 6.07) is 8.76. The number of hydrogen-bond acceptors (Lipinski definition) is 4. The van der Waals surface area contributed by atoms with Crippen molar-refractivity contribution in [2.45, 2.75) is 6.54 Å². The zero-order chi connectivity index (χ0) is 16.0. The van der Waals surface area contributed by atoms with Crippen molar-refractivity contribution in [3.8, 4) is 5.69 Å². The molecule has 0 saturated heterocycles. The van der Waals surface area contributed by atoms with Gasteiger partial charge in [0.15, 0.2) is 5.82 Å². The summed E-state index contributed by atoms with van der Waals surface area (Å²) < 4.78 is 16.8. The molecule has 0 N–H and O–H groups in total. The molecular weight excluding hydrogens is 429 g/mol. The number of nitrogens with zero attached hydrogens (tertiary/aromatic N) is 5. The molecule has 114 valence electrons. The molecule has 5 nitrogen and oxygen atoms in total. The lowest BCUT2D eigenvalue weighted by atomic mass is 10.0. The SMILES string of the molecule is Fc1cc2c(cc1Br)C(c1ccccn1)=NCc1nnc(Br)n1-2. The van der Waals surface area contributed by atoms with Crippen LogP contribution in [0.5, 0.6) is 0 Å². The number of hydrogen-bond donors (Lipinski definition) is 0. The van der Waals surface area contributed by atoms with Gasteiger partial charge >= 0.3 is 0 Å². The second kappa shape index (κ2) is 5.61. The number of halogens is 3. The van der Waals surface area contributed by atoms with E-state index in [0.29, 0.717) is 33.0 Å². The van der Waals surface area contributed by atoms with Crippen LogP contribution in [0.3, 0.4) is 0 Å². The number of benzene rings is 1. The summed E-state index contributed by atoms with van der Waals surface area (Å²) in [5.41, 5.74) is 2.80. The van der Waals surface area contributed by atoms with Crippen molar-refractivity contribution in [3.05, 3.63) is 68.6 Å². The van der Waals surface area contributed by atoms with Gasteiger partial charge in [-0.05, 0) is 56.1 Å². The van der Waals surface area contributed by atoms with E-state index in [9.17, 15) is 4.39 Å². The van der Waals surface area contributed by atoms with E-state index in [-0.39, 0.29) is 5.82 Å². The van der Waals surface area contributed by atoms with E-state index in [2.05, 4.69) is 52.0 Å². The Kier molecular flexibility index (Phi) is 3.57. The second-order valence-electron chi connectivity index (χ2n) is 4.88. The molecule has 0 spiro atoms. The molecule has 3 heterocycles. The van der Waals surface area contributed by atoms with Gasteiger partial charge in [0.25, 0.3) is 0 Å². The summed E-state index contributed by atoms with van der Waals surface area (Å²) in [5.74, 6) is 0.267. The maximum absolute atomic E-state index is 14.1. The average Bonchev–Trinajstić information content (AvgIpc) is 2.84. The summed E-state index contributed by atoms with van der Waals surface area (Å²) in [6.45, 7) is 0.332. The second-order valence-corrected chi connectivity index (χ2v) is 6.45. The Morgan fingerprint density at radius 3 is 2.78 bits per heavy atom. The van der Waals surface area contributed by atoms with Crippen molar-refractivity contribution in [1.82, 2.24) is 19.7 Å². The number of pyridine rings is 1. The molecular formula is C15H8Br2FN5. The fourth-order valence-electron chi connectivity index (χ4n) is 2.50. The third kappa shape index (κ3) is 2.42. The average molecular weight is 437 g/mol. The van der Waals surface area contributed by atoms with E-state index in [1.165, 1.54) is 6.07 Å². The van der Waals surface area contributed by atoms with Crippen LogP contribution in [0.25, 0.3) is 5.69 Å². The summed E-state index contributed by atoms with van der Waals surface area (Å²) in [5, 5.41) is 8.10. The lowest BCUT2D eigenvalue weighted by molar-refractivity contribution is 0.619. The van der Waals surface area contributed by atoms with Gasteiger partial charge in [-0.15, -0.1) is 10.2 Å². The van der Waals surface area contributed by atoms with Gasteiger partial charge in [0, 0.05) is 11.8 Å². The zero-order valence-electron chi connectivity index (χ0n) is 11.5. The highest BCUT2D eigenvalue weighted by Crippen LogP contribution is 2.30. The molecule has 1 aliphatic heterocycles. The Bertz CT molecular complexity index is 937. The monoisotopic (exact) mass is 435 g/mol. The molecule has 0 bridgehead atoms. The molecule has 8 heteroatoms. The predicted molar refractivity (Wildman–Crippen MR) is 90.3 cm³/mol. The predicted octanol–water partition coefficient (Wildman–Crippen LogP) is 3.68. The van der Waals surface area contributed by atoms with E-state index in [1.807, 2.05) is 18.2 Å². The zero-order valence-corrected chi connectivity index (χ0v) is 14.7. The number of aliphatic imine (C=N–C) groups is 1. The molecule has 0 radical (unpaired) electrons. The van der Waals surface area contributed by atoms with Crippen LogP contribution in [0, 0.1) is 5.82 Å². The third-order valence-electron chi connectivity index (χ3n) is 3.51. The van der Waals surface area contributed by atoms with E-state index in [0.717, 1.165) is 11.3 Å². The van der Waals surface area contributed by atoms with Gasteiger partial charge in [0.05, 0.1) is 21.6 Å². The normalized spacial score (nSPS) is 13.1. The lowest BCUT2D eigenvalue weighted by Crippen LogP contribution is -2.09. The minimum absolute atomic E-state index is 0.332. The van der Waals surface area contributed by atoms with Crippen molar-refractivity contribution >= 4 is 37.6 Å². The van der Waals surface area contributed by atoms with E-state index >= 15 is 0 Å². The Morgan fingerprint density at radius 1 is 1.13 bits per heavy atom. The highest BCUT2D eigenvalue weighted by Gasteiger charge is 2.24. The molecule has 23 heavy (non-hydrogen) atoms. The lowest BCUT2D eigenvalue weighted by Gasteiger charge is -2.12. The molecule has 1 aliphatic rings. The number of aromatic nitrogens is 4. The van der Waals surface area contributed by atoms with E-state index < -0.39 is 0 Å². The molecule has 3 aromatic rings. The summed E-state index contributed by atoms with van der Waals surface area (Å²) in [4.78, 5) is 8.99. The van der Waals surface area contributed by atoms with Crippen LogP contribution in [0.2, 0.25) is 0 Å². The molecule has 1 aromatic carbocycles. The Balaban J connectivity index is 2.04. The van der Waals surface area contributed by atoms with Gasteiger partial charge in [0.1, 0.15) is 12.4 Å². The Labute approximate surface area is 147 Å². The van der Waals surface area contributed by atoms with Gasteiger partial charge in [-0.1, -0.05) is 6.07 Å². The number of rotatable bonds is 1. The topological polar surface area (TPSA) is 56.0 Å². The van der Waals surface area contributed by atoms with Gasteiger partial charge in [-0.3, -0.25) is 14.5 Å². The highest BCUT2D eigenvalue weighted by atomic mass is 79.9. The van der Waals surface area contributed by atoms with Crippen LogP contribution in [0.4, 0.5) is 4.39 Å². The first kappa shape index (κ1) is 14.6. The van der Waals surface area contributed by atoms with Crippen molar-refractivity contribution in [2.24, 2.45) is 4.99 Å². The van der Waals surface area contributed by atoms with Crippen LogP contribution >= 0.6 is 31.9 Å². The molecule has 4 rings (SSSR count). The van der Waals surface area contributed by atoms with E-state index in [1.54, 1.807) is 16.8 Å². The molecule has 0 aliphatic carbocycles. The first-order valence-electron chi connectivity index (χ1n) is 6.70. The number of fused-ring (bicyclic) bond motifs is 3. The maximum atomic E-state index is 14.1. The summed E-state index contributed by atoms with van der Waals surface area (Å²) >= 11 is 6.61. The van der Waals surface area contributed by atoms with Crippen molar-refractivity contribution < 1.29 is 4.39 Å². The molecule has 0 amide bonds. The van der Waals surface area contributed by atoms with Gasteiger partial charge in [0.2, 0.25) is 4.73 Å². The molecule has 0 atom stereocenters. The summed E-state index contributed by atoms with van der Waals surface area (Å²) in [6.07, 6.45) is 1.71. The highest BCUT2D eigenvalue weighted by molar-refractivity contribution is 9.10. The summed E-state index contributed by atoms with van der Waals surface area (Å²) in [7, 11) is 0. The van der Waals surface area contributed by atoms with Crippen molar-refractivity contribution in [3.63, 3.8) is 0 Å². The minimum atomic E-state index is -0.363. The largest absolute Gasteiger partial charge is 0.274 e. The van der Waals surface area contributed by atoms with Crippen molar-refractivity contribution in [1.29, 1.82) is 0 Å². The van der Waals surface area contributed by atoms with Crippen LogP contribution in [0.1, 0.15) is 17.1 Å². The van der Waals surface area contributed by atoms with Crippen LogP contribution < -0.4 is 0 Å². The van der Waals surface area contributed by atoms with Gasteiger partial charge in [-0.25, -0.2) is 4.39 Å². The minimum Gasteiger partial charge on any atom is -0.274 e. The molecule has 0 saturated carbocycles.